The van der Waals surface area contributed by atoms with E-state index in [1.54, 1.807) is 24.3 Å². The predicted molar refractivity (Wildman–Crippen MR) is 91.5 cm³/mol. The Morgan fingerprint density at radius 3 is 2.36 bits per heavy atom. The zero-order valence-corrected chi connectivity index (χ0v) is 13.0. The van der Waals surface area contributed by atoms with Crippen molar-refractivity contribution in [3.8, 4) is 5.75 Å². The Bertz CT molecular complexity index is 655. The summed E-state index contributed by atoms with van der Waals surface area (Å²) < 4.78 is 0. The van der Waals surface area contributed by atoms with Crippen LogP contribution in [0.3, 0.4) is 0 Å². The number of phenolic OH excluding ortho intramolecular Hbond substituents is 1. The number of ketones is 1. The van der Waals surface area contributed by atoms with Gasteiger partial charge in [0.2, 0.25) is 0 Å². The summed E-state index contributed by atoms with van der Waals surface area (Å²) >= 11 is 0. The Balaban J connectivity index is 2.08. The van der Waals surface area contributed by atoms with E-state index in [1.807, 2.05) is 12.1 Å². The van der Waals surface area contributed by atoms with Crippen molar-refractivity contribution in [2.75, 3.05) is 18.0 Å². The molecule has 114 valence electrons. The number of anilines is 1. The van der Waals surface area contributed by atoms with Crippen LogP contribution >= 0.6 is 0 Å². The van der Waals surface area contributed by atoms with Crippen LogP contribution in [0, 0.1) is 0 Å². The number of hydrogen-bond acceptors (Lipinski definition) is 3. The van der Waals surface area contributed by atoms with Gasteiger partial charge in [0.25, 0.3) is 0 Å². The van der Waals surface area contributed by atoms with Gasteiger partial charge in [-0.2, -0.15) is 0 Å². The van der Waals surface area contributed by atoms with Gasteiger partial charge in [0.05, 0.1) is 0 Å². The zero-order valence-electron chi connectivity index (χ0n) is 13.0. The largest absolute Gasteiger partial charge is 0.508 e. The summed E-state index contributed by atoms with van der Waals surface area (Å²) in [5.74, 6) is -0.0217. The van der Waals surface area contributed by atoms with Crippen molar-refractivity contribution in [1.29, 1.82) is 0 Å². The Morgan fingerprint density at radius 2 is 1.77 bits per heavy atom. The minimum absolute atomic E-state index is 0.0998. The lowest BCUT2D eigenvalue weighted by Gasteiger charge is -2.20. The zero-order chi connectivity index (χ0) is 15.9. The molecule has 3 nitrogen and oxygen atoms in total. The van der Waals surface area contributed by atoms with Crippen LogP contribution in [0.1, 0.15) is 29.8 Å². The molecule has 0 saturated heterocycles. The van der Waals surface area contributed by atoms with Gasteiger partial charge in [0.15, 0.2) is 5.78 Å². The molecule has 0 fully saturated rings. The molecule has 0 amide bonds. The molecule has 3 heteroatoms. The van der Waals surface area contributed by atoms with Crippen molar-refractivity contribution in [3.05, 3.63) is 65.7 Å². The van der Waals surface area contributed by atoms with E-state index in [0.717, 1.165) is 18.7 Å². The second-order valence-electron chi connectivity index (χ2n) is 5.01. The first kappa shape index (κ1) is 15.8. The van der Waals surface area contributed by atoms with Gasteiger partial charge in [-0.1, -0.05) is 30.3 Å². The van der Waals surface area contributed by atoms with Crippen LogP contribution in [-0.2, 0) is 0 Å². The molecule has 0 aliphatic heterocycles. The molecule has 0 atom stereocenters. The molecule has 0 bridgehead atoms. The van der Waals surface area contributed by atoms with Crippen LogP contribution in [0.25, 0.3) is 6.08 Å². The quantitative estimate of drug-likeness (QED) is 0.643. The maximum Gasteiger partial charge on any atom is 0.185 e. The number of hydrogen-bond donors (Lipinski definition) is 1. The number of carbonyl (C=O) groups is 1. The van der Waals surface area contributed by atoms with Crippen LogP contribution in [0.2, 0.25) is 0 Å². The summed E-state index contributed by atoms with van der Waals surface area (Å²) in [4.78, 5) is 14.3. The summed E-state index contributed by atoms with van der Waals surface area (Å²) in [5, 5.41) is 9.40. The molecule has 2 rings (SSSR count). The summed E-state index contributed by atoms with van der Waals surface area (Å²) in [5.41, 5.74) is 2.64. The molecule has 0 aliphatic rings. The van der Waals surface area contributed by atoms with Gasteiger partial charge in [-0.05, 0) is 49.8 Å². The van der Waals surface area contributed by atoms with Crippen molar-refractivity contribution >= 4 is 17.5 Å². The number of nitrogens with zero attached hydrogens (tertiary/aromatic N) is 1. The highest BCUT2D eigenvalue weighted by Gasteiger charge is 2.03. The molecule has 0 radical (unpaired) electrons. The molecule has 0 spiro atoms. The summed E-state index contributed by atoms with van der Waals surface area (Å²) in [6.07, 6.45) is 3.32. The van der Waals surface area contributed by atoms with E-state index in [-0.39, 0.29) is 11.5 Å². The third kappa shape index (κ3) is 3.98. The molecule has 1 N–H and O–H groups in total. The number of rotatable bonds is 6. The fourth-order valence-electron chi connectivity index (χ4n) is 2.31. The molecular formula is C19H21NO2. The highest BCUT2D eigenvalue weighted by atomic mass is 16.3. The van der Waals surface area contributed by atoms with Gasteiger partial charge in [-0.25, -0.2) is 0 Å². The number of allylic oxidation sites excluding steroid dienone is 1. The SMILES string of the molecule is CCN(CC)c1ccc(/C=C/C(=O)c2cccc(O)c2)cc1. The van der Waals surface area contributed by atoms with Crippen LogP contribution in [0.5, 0.6) is 5.75 Å². The second-order valence-corrected chi connectivity index (χ2v) is 5.01. The Kier molecular flexibility index (Phi) is 5.37. The molecule has 0 aliphatic carbocycles. The minimum Gasteiger partial charge on any atom is -0.508 e. The number of benzene rings is 2. The van der Waals surface area contributed by atoms with Gasteiger partial charge < -0.3 is 10.0 Å². The third-order valence-electron chi connectivity index (χ3n) is 3.58. The van der Waals surface area contributed by atoms with E-state index in [1.165, 1.54) is 17.8 Å². The van der Waals surface area contributed by atoms with Crippen LogP contribution in [0.15, 0.2) is 54.6 Å². The van der Waals surface area contributed by atoms with Crippen molar-refractivity contribution in [1.82, 2.24) is 0 Å². The van der Waals surface area contributed by atoms with E-state index in [0.29, 0.717) is 5.56 Å². The van der Waals surface area contributed by atoms with E-state index >= 15 is 0 Å². The first-order valence-electron chi connectivity index (χ1n) is 7.50. The van der Waals surface area contributed by atoms with Gasteiger partial charge in [-0.3, -0.25) is 4.79 Å². The molecule has 22 heavy (non-hydrogen) atoms. The maximum atomic E-state index is 12.0. The Morgan fingerprint density at radius 1 is 1.09 bits per heavy atom. The molecular weight excluding hydrogens is 274 g/mol. The van der Waals surface area contributed by atoms with E-state index in [4.69, 9.17) is 0 Å². The average Bonchev–Trinajstić information content (AvgIpc) is 2.55. The van der Waals surface area contributed by atoms with Crippen molar-refractivity contribution < 1.29 is 9.90 Å². The highest BCUT2D eigenvalue weighted by molar-refractivity contribution is 6.07. The van der Waals surface area contributed by atoms with E-state index < -0.39 is 0 Å². The monoisotopic (exact) mass is 295 g/mol. The second kappa shape index (κ2) is 7.46. The van der Waals surface area contributed by atoms with Crippen molar-refractivity contribution in [2.45, 2.75) is 13.8 Å². The average molecular weight is 295 g/mol. The maximum absolute atomic E-state index is 12.0. The standard InChI is InChI=1S/C19H21NO2/c1-3-20(4-2)17-11-8-15(9-12-17)10-13-19(22)16-6-5-7-18(21)14-16/h5-14,21H,3-4H2,1-2H3/b13-10+. The third-order valence-corrected chi connectivity index (χ3v) is 3.58. The fraction of sp³-hybridized carbons (Fsp3) is 0.211. The minimum atomic E-state index is -0.122. The molecule has 0 unspecified atom stereocenters. The van der Waals surface area contributed by atoms with Gasteiger partial charge in [-0.15, -0.1) is 0 Å². The first-order valence-corrected chi connectivity index (χ1v) is 7.50. The molecule has 2 aromatic carbocycles. The normalized spacial score (nSPS) is 10.8. The number of phenols is 1. The fourth-order valence-corrected chi connectivity index (χ4v) is 2.31. The van der Waals surface area contributed by atoms with Crippen molar-refractivity contribution in [3.63, 3.8) is 0 Å². The molecule has 0 aromatic heterocycles. The lowest BCUT2D eigenvalue weighted by molar-refractivity contribution is 0.104. The van der Waals surface area contributed by atoms with Gasteiger partial charge >= 0.3 is 0 Å². The lowest BCUT2D eigenvalue weighted by Crippen LogP contribution is -2.21. The lowest BCUT2D eigenvalue weighted by atomic mass is 10.1. The summed E-state index contributed by atoms with van der Waals surface area (Å²) in [6, 6.07) is 14.5. The predicted octanol–water partition coefficient (Wildman–Crippen LogP) is 4.13. The summed E-state index contributed by atoms with van der Waals surface area (Å²) in [7, 11) is 0. The topological polar surface area (TPSA) is 40.5 Å². The van der Waals surface area contributed by atoms with Crippen LogP contribution in [-0.4, -0.2) is 24.0 Å². The van der Waals surface area contributed by atoms with E-state index in [9.17, 15) is 9.90 Å². The smallest absolute Gasteiger partial charge is 0.185 e. The Hall–Kier alpha value is -2.55. The van der Waals surface area contributed by atoms with Gasteiger partial charge in [0.1, 0.15) is 5.75 Å². The van der Waals surface area contributed by atoms with Crippen LogP contribution in [0.4, 0.5) is 5.69 Å². The highest BCUT2D eigenvalue weighted by Crippen LogP contribution is 2.16. The van der Waals surface area contributed by atoms with Crippen LogP contribution < -0.4 is 4.90 Å². The van der Waals surface area contributed by atoms with Crippen molar-refractivity contribution in [2.24, 2.45) is 0 Å². The van der Waals surface area contributed by atoms with E-state index in [2.05, 4.69) is 30.9 Å². The number of aromatic hydroxyl groups is 1. The molecule has 2 aromatic rings. The Labute approximate surface area is 131 Å². The summed E-state index contributed by atoms with van der Waals surface area (Å²) in [6.45, 7) is 6.21. The molecule has 0 heterocycles. The molecule has 0 saturated carbocycles. The number of carbonyl (C=O) groups excluding carboxylic acids is 1. The van der Waals surface area contributed by atoms with Gasteiger partial charge in [0, 0.05) is 24.3 Å². The first-order chi connectivity index (χ1) is 10.6.